The molecule has 1 unspecified atom stereocenters. The Morgan fingerprint density at radius 2 is 1.61 bits per heavy atom. The Bertz CT molecular complexity index is 306. The lowest BCUT2D eigenvalue weighted by atomic mass is 10.1. The molecule has 0 heterocycles. The van der Waals surface area contributed by atoms with E-state index < -0.39 is 5.79 Å². The lowest BCUT2D eigenvalue weighted by Crippen LogP contribution is -2.31. The zero-order valence-corrected chi connectivity index (χ0v) is 11.7. The van der Waals surface area contributed by atoms with Gasteiger partial charge in [-0.2, -0.15) is 0 Å². The van der Waals surface area contributed by atoms with Crippen molar-refractivity contribution >= 4 is 0 Å². The first kappa shape index (κ1) is 15.0. The van der Waals surface area contributed by atoms with Crippen LogP contribution >= 0.6 is 0 Å². The molecular formula is C16H26O2. The van der Waals surface area contributed by atoms with Crippen molar-refractivity contribution in [2.75, 3.05) is 0 Å². The van der Waals surface area contributed by atoms with Crippen LogP contribution in [0, 0.1) is 0 Å². The standard InChI is InChI=1S/C16H26O2/c1-3-4-5-6-7-11-14-16(2,17)18-15-12-9-8-10-13-15/h8-10,12-13,17H,3-7,11,14H2,1-2H3. The molecule has 0 bridgehead atoms. The summed E-state index contributed by atoms with van der Waals surface area (Å²) < 4.78 is 5.59. The summed E-state index contributed by atoms with van der Waals surface area (Å²) in [5.74, 6) is -0.319. The van der Waals surface area contributed by atoms with Crippen LogP contribution in [0.5, 0.6) is 5.75 Å². The molecule has 1 aromatic carbocycles. The maximum absolute atomic E-state index is 10.1. The lowest BCUT2D eigenvalue weighted by Gasteiger charge is -2.24. The van der Waals surface area contributed by atoms with Crippen molar-refractivity contribution < 1.29 is 9.84 Å². The SMILES string of the molecule is CCCCCCCCC(C)(O)Oc1ccccc1. The van der Waals surface area contributed by atoms with Gasteiger partial charge in [0, 0.05) is 13.3 Å². The molecule has 1 N–H and O–H groups in total. The Balaban J connectivity index is 2.19. The first-order valence-corrected chi connectivity index (χ1v) is 7.10. The van der Waals surface area contributed by atoms with Gasteiger partial charge in [0.15, 0.2) is 0 Å². The van der Waals surface area contributed by atoms with E-state index >= 15 is 0 Å². The molecule has 2 nitrogen and oxygen atoms in total. The van der Waals surface area contributed by atoms with Gasteiger partial charge in [0.05, 0.1) is 0 Å². The third kappa shape index (κ3) is 6.65. The summed E-state index contributed by atoms with van der Waals surface area (Å²) in [4.78, 5) is 0. The normalized spacial score (nSPS) is 14.2. The highest BCUT2D eigenvalue weighted by atomic mass is 16.6. The number of rotatable bonds is 9. The van der Waals surface area contributed by atoms with Gasteiger partial charge in [0.2, 0.25) is 5.79 Å². The first-order chi connectivity index (χ1) is 8.64. The van der Waals surface area contributed by atoms with Gasteiger partial charge in [-0.15, -0.1) is 0 Å². The third-order valence-electron chi connectivity index (χ3n) is 3.08. The van der Waals surface area contributed by atoms with Gasteiger partial charge in [0.25, 0.3) is 0 Å². The van der Waals surface area contributed by atoms with E-state index in [9.17, 15) is 5.11 Å². The van der Waals surface area contributed by atoms with E-state index in [1.807, 2.05) is 30.3 Å². The molecule has 0 saturated heterocycles. The van der Waals surface area contributed by atoms with Gasteiger partial charge in [-0.05, 0) is 18.6 Å². The number of hydrogen-bond acceptors (Lipinski definition) is 2. The Morgan fingerprint density at radius 3 is 2.28 bits per heavy atom. The second kappa shape index (κ2) is 8.15. The molecule has 2 heteroatoms. The van der Waals surface area contributed by atoms with Crippen LogP contribution in [-0.4, -0.2) is 10.9 Å². The zero-order chi connectivity index (χ0) is 13.3. The monoisotopic (exact) mass is 250 g/mol. The molecule has 1 rings (SSSR count). The van der Waals surface area contributed by atoms with Gasteiger partial charge >= 0.3 is 0 Å². The number of benzene rings is 1. The summed E-state index contributed by atoms with van der Waals surface area (Å²) in [6.45, 7) is 3.96. The molecule has 18 heavy (non-hydrogen) atoms. The van der Waals surface area contributed by atoms with Crippen LogP contribution in [0.4, 0.5) is 0 Å². The summed E-state index contributed by atoms with van der Waals surface area (Å²) in [5, 5.41) is 10.1. The Kier molecular flexibility index (Phi) is 6.81. The van der Waals surface area contributed by atoms with Gasteiger partial charge < -0.3 is 9.84 Å². The molecule has 0 aliphatic carbocycles. The van der Waals surface area contributed by atoms with E-state index in [4.69, 9.17) is 4.74 Å². The van der Waals surface area contributed by atoms with Gasteiger partial charge in [-0.25, -0.2) is 0 Å². The third-order valence-corrected chi connectivity index (χ3v) is 3.08. The molecular weight excluding hydrogens is 224 g/mol. The van der Waals surface area contributed by atoms with Crippen LogP contribution < -0.4 is 4.74 Å². The average Bonchev–Trinajstić information content (AvgIpc) is 2.34. The number of unbranched alkanes of at least 4 members (excludes halogenated alkanes) is 5. The molecule has 0 aliphatic rings. The van der Waals surface area contributed by atoms with Crippen LogP contribution in [0.1, 0.15) is 58.8 Å². The summed E-state index contributed by atoms with van der Waals surface area (Å²) in [5.41, 5.74) is 0. The van der Waals surface area contributed by atoms with Crippen molar-refractivity contribution in [3.05, 3.63) is 30.3 Å². The highest BCUT2D eigenvalue weighted by molar-refractivity contribution is 5.21. The average molecular weight is 250 g/mol. The van der Waals surface area contributed by atoms with Crippen LogP contribution in [0.15, 0.2) is 30.3 Å². The number of aliphatic hydroxyl groups is 1. The van der Waals surface area contributed by atoms with Crippen LogP contribution in [0.25, 0.3) is 0 Å². The molecule has 0 amide bonds. The minimum Gasteiger partial charge on any atom is -0.463 e. The van der Waals surface area contributed by atoms with Crippen molar-refractivity contribution in [1.82, 2.24) is 0 Å². The molecule has 0 radical (unpaired) electrons. The summed E-state index contributed by atoms with van der Waals surface area (Å²) in [7, 11) is 0. The first-order valence-electron chi connectivity index (χ1n) is 7.10. The number of para-hydroxylation sites is 1. The van der Waals surface area contributed by atoms with Crippen LogP contribution in [0.3, 0.4) is 0 Å². The minimum atomic E-state index is -1.05. The fraction of sp³-hybridized carbons (Fsp3) is 0.625. The van der Waals surface area contributed by atoms with E-state index in [1.54, 1.807) is 6.92 Å². The number of ether oxygens (including phenoxy) is 1. The van der Waals surface area contributed by atoms with Crippen LogP contribution in [0.2, 0.25) is 0 Å². The zero-order valence-electron chi connectivity index (χ0n) is 11.7. The lowest BCUT2D eigenvalue weighted by molar-refractivity contribution is -0.127. The van der Waals surface area contributed by atoms with Gasteiger partial charge in [-0.1, -0.05) is 57.2 Å². The van der Waals surface area contributed by atoms with E-state index in [0.29, 0.717) is 6.42 Å². The predicted molar refractivity (Wildman–Crippen MR) is 75.7 cm³/mol. The molecule has 0 aromatic heterocycles. The van der Waals surface area contributed by atoms with E-state index in [0.717, 1.165) is 12.2 Å². The van der Waals surface area contributed by atoms with Crippen molar-refractivity contribution in [3.63, 3.8) is 0 Å². The van der Waals surface area contributed by atoms with Crippen molar-refractivity contribution in [2.45, 2.75) is 64.6 Å². The second-order valence-electron chi connectivity index (χ2n) is 5.11. The quantitative estimate of drug-likeness (QED) is 0.515. The predicted octanol–water partition coefficient (Wildman–Crippen LogP) is 4.52. The minimum absolute atomic E-state index is 0.689. The highest BCUT2D eigenvalue weighted by Gasteiger charge is 2.21. The Labute approximate surface area is 111 Å². The van der Waals surface area contributed by atoms with Crippen LogP contribution in [-0.2, 0) is 0 Å². The maximum Gasteiger partial charge on any atom is 0.205 e. The molecule has 0 saturated carbocycles. The summed E-state index contributed by atoms with van der Waals surface area (Å²) in [6.07, 6.45) is 8.03. The van der Waals surface area contributed by atoms with Crippen molar-refractivity contribution in [3.8, 4) is 5.75 Å². The molecule has 0 fully saturated rings. The Morgan fingerprint density at radius 1 is 1.00 bits per heavy atom. The molecule has 102 valence electrons. The number of hydrogen-bond donors (Lipinski definition) is 1. The smallest absolute Gasteiger partial charge is 0.205 e. The fourth-order valence-electron chi connectivity index (χ4n) is 2.03. The molecule has 1 aromatic rings. The van der Waals surface area contributed by atoms with E-state index in [1.165, 1.54) is 32.1 Å². The molecule has 1 atom stereocenters. The topological polar surface area (TPSA) is 29.5 Å². The molecule has 0 aliphatic heterocycles. The maximum atomic E-state index is 10.1. The fourth-order valence-corrected chi connectivity index (χ4v) is 2.03. The summed E-state index contributed by atoms with van der Waals surface area (Å²) >= 11 is 0. The molecule has 0 spiro atoms. The second-order valence-corrected chi connectivity index (χ2v) is 5.11. The van der Waals surface area contributed by atoms with E-state index in [2.05, 4.69) is 6.92 Å². The Hall–Kier alpha value is -1.02. The van der Waals surface area contributed by atoms with Gasteiger partial charge in [0.1, 0.15) is 5.75 Å². The van der Waals surface area contributed by atoms with Gasteiger partial charge in [-0.3, -0.25) is 0 Å². The highest BCUT2D eigenvalue weighted by Crippen LogP contribution is 2.21. The van der Waals surface area contributed by atoms with E-state index in [-0.39, 0.29) is 0 Å². The van der Waals surface area contributed by atoms with Crippen molar-refractivity contribution in [1.29, 1.82) is 0 Å². The summed E-state index contributed by atoms with van der Waals surface area (Å²) in [6, 6.07) is 9.51. The van der Waals surface area contributed by atoms with Crippen molar-refractivity contribution in [2.24, 2.45) is 0 Å². The largest absolute Gasteiger partial charge is 0.463 e.